The zero-order valence-corrected chi connectivity index (χ0v) is 13.1. The molecule has 0 spiro atoms. The quantitative estimate of drug-likeness (QED) is 0.728. The molecule has 0 aliphatic heterocycles. The summed E-state index contributed by atoms with van der Waals surface area (Å²) < 4.78 is 18.8. The molecule has 0 radical (unpaired) electrons. The number of amides is 1. The van der Waals surface area contributed by atoms with Crippen LogP contribution in [0.2, 0.25) is 0 Å². The van der Waals surface area contributed by atoms with Crippen molar-refractivity contribution in [1.29, 1.82) is 0 Å². The van der Waals surface area contributed by atoms with Gasteiger partial charge in [-0.05, 0) is 24.6 Å². The van der Waals surface area contributed by atoms with Crippen LogP contribution in [-0.4, -0.2) is 23.5 Å². The Labute approximate surface area is 136 Å². The first kappa shape index (κ1) is 16.7. The third kappa shape index (κ3) is 4.95. The molecule has 0 N–H and O–H groups in total. The van der Waals surface area contributed by atoms with Gasteiger partial charge in [0.15, 0.2) is 6.10 Å². The fourth-order valence-electron chi connectivity index (χ4n) is 2.24. The Morgan fingerprint density at radius 3 is 2.65 bits per heavy atom. The Bertz CT molecular complexity index is 657. The van der Waals surface area contributed by atoms with E-state index in [1.165, 1.54) is 12.1 Å². The molecule has 0 bridgehead atoms. The molecular formula is C19H20FNO2. The highest BCUT2D eigenvalue weighted by Crippen LogP contribution is 2.15. The standard InChI is InChI=1S/C19H20FNO2/c1-3-12-21(14-16-8-5-4-6-9-16)19(22)15(2)23-18-11-7-10-17(20)13-18/h3-11,13,15H,1,12,14H2,2H3. The zero-order chi connectivity index (χ0) is 16.7. The number of halogens is 1. The zero-order valence-electron chi connectivity index (χ0n) is 13.1. The molecule has 1 amide bonds. The van der Waals surface area contributed by atoms with Gasteiger partial charge in [0.2, 0.25) is 0 Å². The van der Waals surface area contributed by atoms with E-state index in [0.717, 1.165) is 5.56 Å². The van der Waals surface area contributed by atoms with Crippen LogP contribution in [0.5, 0.6) is 5.75 Å². The van der Waals surface area contributed by atoms with E-state index in [0.29, 0.717) is 18.8 Å². The van der Waals surface area contributed by atoms with Gasteiger partial charge in [-0.3, -0.25) is 4.79 Å². The highest BCUT2D eigenvalue weighted by Gasteiger charge is 2.21. The highest BCUT2D eigenvalue weighted by atomic mass is 19.1. The van der Waals surface area contributed by atoms with Crippen molar-refractivity contribution in [3.63, 3.8) is 0 Å². The predicted octanol–water partition coefficient (Wildman–Crippen LogP) is 3.81. The summed E-state index contributed by atoms with van der Waals surface area (Å²) in [5.74, 6) is -0.225. The summed E-state index contributed by atoms with van der Waals surface area (Å²) in [6.07, 6.45) is 0.968. The minimum atomic E-state index is -0.708. The largest absolute Gasteiger partial charge is 0.481 e. The molecule has 120 valence electrons. The monoisotopic (exact) mass is 313 g/mol. The van der Waals surface area contributed by atoms with Gasteiger partial charge < -0.3 is 9.64 Å². The average molecular weight is 313 g/mol. The Balaban J connectivity index is 2.05. The summed E-state index contributed by atoms with van der Waals surface area (Å²) in [5, 5.41) is 0. The lowest BCUT2D eigenvalue weighted by molar-refractivity contribution is -0.138. The van der Waals surface area contributed by atoms with Crippen LogP contribution in [0.25, 0.3) is 0 Å². The number of carbonyl (C=O) groups excluding carboxylic acids is 1. The van der Waals surface area contributed by atoms with Crippen LogP contribution in [-0.2, 0) is 11.3 Å². The molecule has 1 unspecified atom stereocenters. The van der Waals surface area contributed by atoms with Crippen molar-refractivity contribution in [3.8, 4) is 5.75 Å². The molecule has 0 saturated carbocycles. The van der Waals surface area contributed by atoms with Gasteiger partial charge in [-0.25, -0.2) is 4.39 Å². The van der Waals surface area contributed by atoms with Crippen molar-refractivity contribution in [2.45, 2.75) is 19.6 Å². The summed E-state index contributed by atoms with van der Waals surface area (Å²) in [5.41, 5.74) is 1.03. The lowest BCUT2D eigenvalue weighted by Crippen LogP contribution is -2.40. The summed E-state index contributed by atoms with van der Waals surface area (Å²) >= 11 is 0. The van der Waals surface area contributed by atoms with Crippen LogP contribution < -0.4 is 4.74 Å². The molecule has 0 aromatic heterocycles. The maximum atomic E-state index is 13.2. The van der Waals surface area contributed by atoms with Gasteiger partial charge in [-0.15, -0.1) is 6.58 Å². The number of hydrogen-bond donors (Lipinski definition) is 0. The van der Waals surface area contributed by atoms with Gasteiger partial charge in [0.1, 0.15) is 11.6 Å². The topological polar surface area (TPSA) is 29.5 Å². The van der Waals surface area contributed by atoms with Crippen LogP contribution in [0, 0.1) is 5.82 Å². The van der Waals surface area contributed by atoms with Crippen LogP contribution in [0.1, 0.15) is 12.5 Å². The maximum Gasteiger partial charge on any atom is 0.263 e. The second kappa shape index (κ2) is 8.13. The molecule has 2 aromatic carbocycles. The van der Waals surface area contributed by atoms with Gasteiger partial charge >= 0.3 is 0 Å². The van der Waals surface area contributed by atoms with Gasteiger partial charge in [0, 0.05) is 19.2 Å². The van der Waals surface area contributed by atoms with E-state index in [-0.39, 0.29) is 5.91 Å². The minimum Gasteiger partial charge on any atom is -0.481 e. The third-order valence-electron chi connectivity index (χ3n) is 3.33. The van der Waals surface area contributed by atoms with E-state index in [4.69, 9.17) is 4.74 Å². The van der Waals surface area contributed by atoms with Crippen LogP contribution >= 0.6 is 0 Å². The van der Waals surface area contributed by atoms with Gasteiger partial charge in [0.05, 0.1) is 0 Å². The molecule has 0 fully saturated rings. The average Bonchev–Trinajstić information content (AvgIpc) is 2.55. The Hall–Kier alpha value is -2.62. The SMILES string of the molecule is C=CCN(Cc1ccccc1)C(=O)C(C)Oc1cccc(F)c1. The van der Waals surface area contributed by atoms with Crippen molar-refractivity contribution >= 4 is 5.91 Å². The molecular weight excluding hydrogens is 293 g/mol. The van der Waals surface area contributed by atoms with Crippen LogP contribution in [0.4, 0.5) is 4.39 Å². The molecule has 0 aliphatic carbocycles. The number of nitrogens with zero attached hydrogens (tertiary/aromatic N) is 1. The molecule has 4 heteroatoms. The molecule has 1 atom stereocenters. The number of benzene rings is 2. The summed E-state index contributed by atoms with van der Waals surface area (Å²) in [7, 11) is 0. The van der Waals surface area contributed by atoms with E-state index in [1.807, 2.05) is 30.3 Å². The molecule has 0 heterocycles. The lowest BCUT2D eigenvalue weighted by Gasteiger charge is -2.25. The van der Waals surface area contributed by atoms with Gasteiger partial charge in [-0.2, -0.15) is 0 Å². The smallest absolute Gasteiger partial charge is 0.263 e. The summed E-state index contributed by atoms with van der Waals surface area (Å²) in [6.45, 7) is 6.25. The fraction of sp³-hybridized carbons (Fsp3) is 0.211. The number of ether oxygens (including phenoxy) is 1. The van der Waals surface area contributed by atoms with E-state index in [9.17, 15) is 9.18 Å². The second-order valence-electron chi connectivity index (χ2n) is 5.21. The Kier molecular flexibility index (Phi) is 5.92. The first-order valence-electron chi connectivity index (χ1n) is 7.46. The van der Waals surface area contributed by atoms with Gasteiger partial charge in [-0.1, -0.05) is 42.5 Å². The molecule has 23 heavy (non-hydrogen) atoms. The fourth-order valence-corrected chi connectivity index (χ4v) is 2.24. The number of rotatable bonds is 7. The number of carbonyl (C=O) groups is 1. The van der Waals surface area contributed by atoms with Crippen LogP contribution in [0.15, 0.2) is 67.3 Å². The normalized spacial score (nSPS) is 11.6. The summed E-state index contributed by atoms with van der Waals surface area (Å²) in [4.78, 5) is 14.2. The van der Waals surface area contributed by atoms with E-state index in [2.05, 4.69) is 6.58 Å². The predicted molar refractivity (Wildman–Crippen MR) is 88.5 cm³/mol. The van der Waals surface area contributed by atoms with Crippen molar-refractivity contribution < 1.29 is 13.9 Å². The van der Waals surface area contributed by atoms with Crippen LogP contribution in [0.3, 0.4) is 0 Å². The molecule has 2 aromatic rings. The van der Waals surface area contributed by atoms with Crippen molar-refractivity contribution in [3.05, 3.63) is 78.6 Å². The van der Waals surface area contributed by atoms with Gasteiger partial charge in [0.25, 0.3) is 5.91 Å². The molecule has 0 aliphatic rings. The highest BCUT2D eigenvalue weighted by molar-refractivity contribution is 5.81. The molecule has 3 nitrogen and oxygen atoms in total. The Morgan fingerprint density at radius 2 is 2.00 bits per heavy atom. The first-order chi connectivity index (χ1) is 11.1. The summed E-state index contributed by atoms with van der Waals surface area (Å²) in [6, 6.07) is 15.5. The van der Waals surface area contributed by atoms with Crippen molar-refractivity contribution in [2.24, 2.45) is 0 Å². The van der Waals surface area contributed by atoms with Crippen molar-refractivity contribution in [2.75, 3.05) is 6.54 Å². The first-order valence-corrected chi connectivity index (χ1v) is 7.46. The van der Waals surface area contributed by atoms with E-state index >= 15 is 0 Å². The number of hydrogen-bond acceptors (Lipinski definition) is 2. The molecule has 2 rings (SSSR count). The third-order valence-corrected chi connectivity index (χ3v) is 3.33. The second-order valence-corrected chi connectivity index (χ2v) is 5.21. The molecule has 0 saturated heterocycles. The minimum absolute atomic E-state index is 0.169. The van der Waals surface area contributed by atoms with Crippen molar-refractivity contribution in [1.82, 2.24) is 4.90 Å². The maximum absolute atomic E-state index is 13.2. The Morgan fingerprint density at radius 1 is 1.26 bits per heavy atom. The lowest BCUT2D eigenvalue weighted by atomic mass is 10.2. The van der Waals surface area contributed by atoms with E-state index < -0.39 is 11.9 Å². The van der Waals surface area contributed by atoms with E-state index in [1.54, 1.807) is 30.0 Å².